The number of esters is 1. The lowest BCUT2D eigenvalue weighted by molar-refractivity contribution is -0.148. The molecule has 3 N–H and O–H groups in total. The second-order valence-electron chi connectivity index (χ2n) is 8.35. The monoisotopic (exact) mass is 444 g/mol. The minimum atomic E-state index is -0.210. The summed E-state index contributed by atoms with van der Waals surface area (Å²) in [5.41, 5.74) is 10.7. The number of rotatable bonds is 5. The first-order valence-corrected chi connectivity index (χ1v) is 11.2. The Morgan fingerprint density at radius 3 is 2.70 bits per heavy atom. The van der Waals surface area contributed by atoms with E-state index in [0.29, 0.717) is 31.0 Å². The summed E-state index contributed by atoms with van der Waals surface area (Å²) < 4.78 is 5.11. The van der Waals surface area contributed by atoms with Crippen molar-refractivity contribution < 1.29 is 14.3 Å². The number of amides is 1. The molecule has 0 spiro atoms. The first-order chi connectivity index (χ1) is 15.9. The third-order valence-corrected chi connectivity index (χ3v) is 6.12. The molecule has 2 aromatic heterocycles. The molecule has 0 bridgehead atoms. The highest BCUT2D eigenvalue weighted by molar-refractivity contribution is 6.00. The van der Waals surface area contributed by atoms with E-state index in [2.05, 4.69) is 15.3 Å². The van der Waals surface area contributed by atoms with E-state index in [9.17, 15) is 9.59 Å². The summed E-state index contributed by atoms with van der Waals surface area (Å²) in [6.07, 6.45) is 9.70. The standard InChI is InChI=1S/C26H28N4O3/c1-3-33-26(32)18-6-4-17(5-7-18)10-25(31)30-24-12-21-11-19(8-9-20(21)13-29-24)22-14-28-15-23(27)16(22)2/h8-15,18H,3-7,27H2,1-2H3,(H,29,30,31). The molecule has 33 heavy (non-hydrogen) atoms. The third-order valence-electron chi connectivity index (χ3n) is 6.12. The molecule has 1 aliphatic rings. The van der Waals surface area contributed by atoms with E-state index >= 15 is 0 Å². The summed E-state index contributed by atoms with van der Waals surface area (Å²) in [5.74, 6) is 0.0767. The Morgan fingerprint density at radius 1 is 1.15 bits per heavy atom. The molecule has 2 heterocycles. The maximum atomic E-state index is 12.6. The molecule has 1 aromatic carbocycles. The number of anilines is 2. The molecular formula is C26H28N4O3. The van der Waals surface area contributed by atoms with Crippen molar-refractivity contribution in [3.05, 3.63) is 60.1 Å². The van der Waals surface area contributed by atoms with Crippen LogP contribution in [-0.2, 0) is 14.3 Å². The molecule has 7 nitrogen and oxygen atoms in total. The molecule has 0 saturated heterocycles. The van der Waals surface area contributed by atoms with Crippen molar-refractivity contribution in [3.63, 3.8) is 0 Å². The van der Waals surface area contributed by atoms with E-state index in [0.717, 1.165) is 45.9 Å². The van der Waals surface area contributed by atoms with E-state index in [1.807, 2.05) is 38.1 Å². The number of carbonyl (C=O) groups excluding carboxylic acids is 2. The number of benzene rings is 1. The van der Waals surface area contributed by atoms with Gasteiger partial charge < -0.3 is 15.8 Å². The summed E-state index contributed by atoms with van der Waals surface area (Å²) in [5, 5.41) is 4.80. The van der Waals surface area contributed by atoms with Crippen LogP contribution in [0.2, 0.25) is 0 Å². The predicted octanol–water partition coefficient (Wildman–Crippen LogP) is 4.81. The zero-order valence-corrected chi connectivity index (χ0v) is 18.9. The zero-order chi connectivity index (χ0) is 23.4. The largest absolute Gasteiger partial charge is 0.466 e. The SMILES string of the molecule is CCOC(=O)C1CCC(=CC(=O)Nc2cc3cc(-c4cncc(N)c4C)ccc3cn2)CC1. The Balaban J connectivity index is 1.46. The van der Waals surface area contributed by atoms with E-state index in [1.165, 1.54) is 0 Å². The molecule has 1 amide bonds. The number of nitrogens with zero attached hydrogens (tertiary/aromatic N) is 2. The Bertz CT molecular complexity index is 1230. The number of ether oxygens (including phenoxy) is 1. The van der Waals surface area contributed by atoms with Crippen LogP contribution in [0.25, 0.3) is 21.9 Å². The average Bonchev–Trinajstić information content (AvgIpc) is 2.81. The molecule has 0 unspecified atom stereocenters. The van der Waals surface area contributed by atoms with Crippen LogP contribution >= 0.6 is 0 Å². The van der Waals surface area contributed by atoms with Crippen molar-refractivity contribution in [1.29, 1.82) is 0 Å². The normalized spacial score (nSPS) is 15.8. The Labute approximate surface area is 193 Å². The number of aromatic nitrogens is 2. The van der Waals surface area contributed by atoms with Gasteiger partial charge in [0.15, 0.2) is 0 Å². The lowest BCUT2D eigenvalue weighted by Crippen LogP contribution is -2.21. The number of allylic oxidation sites excluding steroid dienone is 1. The topological polar surface area (TPSA) is 107 Å². The fourth-order valence-electron chi connectivity index (χ4n) is 4.19. The van der Waals surface area contributed by atoms with Gasteiger partial charge in [0.2, 0.25) is 5.91 Å². The van der Waals surface area contributed by atoms with Gasteiger partial charge in [-0.15, -0.1) is 0 Å². The molecule has 1 fully saturated rings. The number of hydrogen-bond donors (Lipinski definition) is 2. The molecule has 4 rings (SSSR count). The van der Waals surface area contributed by atoms with Crippen LogP contribution in [0.3, 0.4) is 0 Å². The van der Waals surface area contributed by atoms with E-state index < -0.39 is 0 Å². The first kappa shape index (κ1) is 22.5. The van der Waals surface area contributed by atoms with Gasteiger partial charge in [-0.3, -0.25) is 14.6 Å². The smallest absolute Gasteiger partial charge is 0.308 e. The van der Waals surface area contributed by atoms with Crippen LogP contribution in [0, 0.1) is 12.8 Å². The van der Waals surface area contributed by atoms with Crippen molar-refractivity contribution >= 4 is 34.2 Å². The Hall–Kier alpha value is -3.74. The molecule has 1 saturated carbocycles. The van der Waals surface area contributed by atoms with E-state index in [1.54, 1.807) is 24.7 Å². The fraction of sp³-hybridized carbons (Fsp3) is 0.308. The van der Waals surface area contributed by atoms with Crippen LogP contribution in [-0.4, -0.2) is 28.5 Å². The fourth-order valence-corrected chi connectivity index (χ4v) is 4.19. The lowest BCUT2D eigenvalue weighted by Gasteiger charge is -2.22. The number of nitrogens with one attached hydrogen (secondary N) is 1. The number of pyridine rings is 2. The summed E-state index contributed by atoms with van der Waals surface area (Å²) in [4.78, 5) is 33.0. The highest BCUT2D eigenvalue weighted by Crippen LogP contribution is 2.30. The summed E-state index contributed by atoms with van der Waals surface area (Å²) in [6.45, 7) is 4.19. The maximum Gasteiger partial charge on any atom is 0.308 e. The minimum absolute atomic E-state index is 0.0692. The lowest BCUT2D eigenvalue weighted by atomic mass is 9.85. The predicted molar refractivity (Wildman–Crippen MR) is 129 cm³/mol. The third kappa shape index (κ3) is 5.19. The summed E-state index contributed by atoms with van der Waals surface area (Å²) in [6, 6.07) is 7.92. The van der Waals surface area contributed by atoms with Crippen molar-refractivity contribution in [2.75, 3.05) is 17.7 Å². The molecule has 170 valence electrons. The number of carbonyl (C=O) groups is 2. The molecule has 3 aromatic rings. The van der Waals surface area contributed by atoms with Crippen molar-refractivity contribution in [3.8, 4) is 11.1 Å². The highest BCUT2D eigenvalue weighted by atomic mass is 16.5. The molecule has 0 aliphatic heterocycles. The minimum Gasteiger partial charge on any atom is -0.466 e. The number of nitrogen functional groups attached to an aromatic ring is 1. The quantitative estimate of drug-likeness (QED) is 0.432. The summed E-state index contributed by atoms with van der Waals surface area (Å²) in [7, 11) is 0. The Morgan fingerprint density at radius 2 is 1.94 bits per heavy atom. The number of nitrogens with two attached hydrogens (primary N) is 1. The van der Waals surface area contributed by atoms with Crippen molar-refractivity contribution in [2.45, 2.75) is 39.5 Å². The molecule has 0 atom stereocenters. The second-order valence-corrected chi connectivity index (χ2v) is 8.35. The van der Waals surface area contributed by atoms with Gasteiger partial charge in [0.25, 0.3) is 0 Å². The van der Waals surface area contributed by atoms with Gasteiger partial charge in [-0.2, -0.15) is 0 Å². The van der Waals surface area contributed by atoms with E-state index in [-0.39, 0.29) is 17.8 Å². The van der Waals surface area contributed by atoms with Crippen LogP contribution in [0.15, 0.2) is 54.5 Å². The van der Waals surface area contributed by atoms with Gasteiger partial charge in [-0.25, -0.2) is 4.98 Å². The van der Waals surface area contributed by atoms with Crippen LogP contribution < -0.4 is 11.1 Å². The first-order valence-electron chi connectivity index (χ1n) is 11.2. The van der Waals surface area contributed by atoms with Crippen LogP contribution in [0.5, 0.6) is 0 Å². The molecule has 1 aliphatic carbocycles. The van der Waals surface area contributed by atoms with Crippen LogP contribution in [0.1, 0.15) is 38.2 Å². The van der Waals surface area contributed by atoms with Gasteiger partial charge in [0, 0.05) is 29.4 Å². The van der Waals surface area contributed by atoms with Crippen molar-refractivity contribution in [1.82, 2.24) is 9.97 Å². The Kier molecular flexibility index (Phi) is 6.68. The molecule has 7 heteroatoms. The molecule has 0 radical (unpaired) electrons. The van der Waals surface area contributed by atoms with Gasteiger partial charge in [-0.05, 0) is 68.2 Å². The maximum absolute atomic E-state index is 12.6. The average molecular weight is 445 g/mol. The van der Waals surface area contributed by atoms with Gasteiger partial charge in [-0.1, -0.05) is 17.7 Å². The van der Waals surface area contributed by atoms with Crippen molar-refractivity contribution in [2.24, 2.45) is 5.92 Å². The second kappa shape index (κ2) is 9.81. The highest BCUT2D eigenvalue weighted by Gasteiger charge is 2.24. The zero-order valence-electron chi connectivity index (χ0n) is 18.9. The van der Waals surface area contributed by atoms with Gasteiger partial charge >= 0.3 is 5.97 Å². The van der Waals surface area contributed by atoms with Crippen LogP contribution in [0.4, 0.5) is 11.5 Å². The van der Waals surface area contributed by atoms with Gasteiger partial charge in [0.1, 0.15) is 5.82 Å². The molecular weight excluding hydrogens is 416 g/mol. The number of hydrogen-bond acceptors (Lipinski definition) is 6. The van der Waals surface area contributed by atoms with E-state index in [4.69, 9.17) is 10.5 Å². The van der Waals surface area contributed by atoms with Gasteiger partial charge in [0.05, 0.1) is 24.4 Å². The summed E-state index contributed by atoms with van der Waals surface area (Å²) >= 11 is 0. The number of fused-ring (bicyclic) bond motifs is 1.